The minimum atomic E-state index is -0.414. The molecule has 0 aliphatic rings. The number of thiophene rings is 1. The molecule has 8 nitrogen and oxygen atoms in total. The molecule has 0 fully saturated rings. The molecule has 1 N–H and O–H groups in total. The number of benzene rings is 2. The summed E-state index contributed by atoms with van der Waals surface area (Å²) in [4.78, 5) is 40.7. The van der Waals surface area contributed by atoms with Crippen molar-refractivity contribution in [1.82, 2.24) is 14.9 Å². The van der Waals surface area contributed by atoms with E-state index in [4.69, 9.17) is 4.98 Å². The Morgan fingerprint density at radius 3 is 2.70 bits per heavy atom. The number of rotatable bonds is 12. The Kier molecular flexibility index (Phi) is 9.08. The zero-order chi connectivity index (χ0) is 26.2. The lowest BCUT2D eigenvalue weighted by molar-refractivity contribution is -0.384. The number of hydrogen-bond acceptors (Lipinski definition) is 7. The topological polar surface area (TPSA) is 107 Å². The van der Waals surface area contributed by atoms with Crippen LogP contribution in [0.25, 0.3) is 10.2 Å². The van der Waals surface area contributed by atoms with Crippen LogP contribution in [0.1, 0.15) is 42.4 Å². The molecule has 4 aromatic rings. The highest BCUT2D eigenvalue weighted by molar-refractivity contribution is 7.98. The molecule has 0 bridgehead atoms. The van der Waals surface area contributed by atoms with Crippen molar-refractivity contribution in [2.45, 2.75) is 56.6 Å². The predicted octanol–water partition coefficient (Wildman–Crippen LogP) is 5.84. The highest BCUT2D eigenvalue weighted by atomic mass is 32.2. The molecule has 0 atom stereocenters. The first-order chi connectivity index (χ1) is 17.9. The average molecular weight is 537 g/mol. The molecular weight excluding hydrogens is 508 g/mol. The van der Waals surface area contributed by atoms with Crippen molar-refractivity contribution in [1.29, 1.82) is 0 Å². The SMILES string of the molecule is Cc1ccc(CNC(=O)CCCCCn2c(SCc3cccc([N+](=O)[O-])c3)nc3ccsc3c2=O)cc1. The fourth-order valence-corrected chi connectivity index (χ4v) is 5.61. The number of carbonyl (C=O) groups excluding carboxylic acids is 1. The van der Waals surface area contributed by atoms with Crippen LogP contribution in [0.4, 0.5) is 5.69 Å². The van der Waals surface area contributed by atoms with E-state index in [0.29, 0.717) is 40.6 Å². The van der Waals surface area contributed by atoms with Crippen LogP contribution >= 0.6 is 23.1 Å². The monoisotopic (exact) mass is 536 g/mol. The van der Waals surface area contributed by atoms with Gasteiger partial charge in [-0.1, -0.05) is 60.1 Å². The Labute approximate surface area is 222 Å². The molecule has 0 spiro atoms. The zero-order valence-electron chi connectivity index (χ0n) is 20.5. The molecule has 2 aromatic heterocycles. The fraction of sp³-hybridized carbons (Fsp3) is 0.296. The van der Waals surface area contributed by atoms with E-state index in [1.165, 1.54) is 34.7 Å². The standard InChI is InChI=1S/C27H28N4O4S2/c1-19-9-11-20(12-10-19)17-28-24(32)8-3-2-4-14-30-26(33)25-23(13-15-36-25)29-27(30)37-18-21-6-5-7-22(16-21)31(34)35/h5-7,9-13,15-16H,2-4,8,14,17-18H2,1H3,(H,28,32). The number of unbranched alkanes of at least 4 members (excludes halogenated alkanes) is 2. The van der Waals surface area contributed by atoms with Crippen molar-refractivity contribution in [3.8, 4) is 0 Å². The summed E-state index contributed by atoms with van der Waals surface area (Å²) in [5, 5.41) is 16.5. The molecule has 10 heteroatoms. The molecule has 0 aliphatic heterocycles. The van der Waals surface area contributed by atoms with Gasteiger partial charge in [0.15, 0.2) is 5.16 Å². The second kappa shape index (κ2) is 12.6. The van der Waals surface area contributed by atoms with Crippen LogP contribution in [0, 0.1) is 17.0 Å². The highest BCUT2D eigenvalue weighted by Gasteiger charge is 2.14. The summed E-state index contributed by atoms with van der Waals surface area (Å²) in [6.45, 7) is 3.05. The Morgan fingerprint density at radius 1 is 1.11 bits per heavy atom. The van der Waals surface area contributed by atoms with E-state index in [1.807, 2.05) is 48.7 Å². The van der Waals surface area contributed by atoms with E-state index in [9.17, 15) is 19.7 Å². The second-order valence-electron chi connectivity index (χ2n) is 8.77. The Hall–Kier alpha value is -3.50. The number of amides is 1. The lowest BCUT2D eigenvalue weighted by Crippen LogP contribution is -2.23. The molecule has 37 heavy (non-hydrogen) atoms. The van der Waals surface area contributed by atoms with Gasteiger partial charge < -0.3 is 5.32 Å². The van der Waals surface area contributed by atoms with Gasteiger partial charge in [0.2, 0.25) is 5.91 Å². The summed E-state index contributed by atoms with van der Waals surface area (Å²) in [5.41, 5.74) is 3.69. The van der Waals surface area contributed by atoms with Crippen molar-refractivity contribution in [2.75, 3.05) is 0 Å². The van der Waals surface area contributed by atoms with E-state index in [-0.39, 0.29) is 17.2 Å². The Bertz CT molecular complexity index is 1450. The number of aryl methyl sites for hydroxylation is 1. The van der Waals surface area contributed by atoms with Crippen molar-refractivity contribution in [3.05, 3.63) is 97.1 Å². The Balaban J connectivity index is 1.32. The second-order valence-corrected chi connectivity index (χ2v) is 10.6. The van der Waals surface area contributed by atoms with Crippen molar-refractivity contribution in [3.63, 3.8) is 0 Å². The van der Waals surface area contributed by atoms with Crippen LogP contribution in [-0.2, 0) is 23.6 Å². The normalized spacial score (nSPS) is 11.1. The highest BCUT2D eigenvalue weighted by Crippen LogP contribution is 2.26. The van der Waals surface area contributed by atoms with E-state index in [0.717, 1.165) is 30.4 Å². The number of nitrogens with zero attached hydrogens (tertiary/aromatic N) is 3. The van der Waals surface area contributed by atoms with Gasteiger partial charge in [0.05, 0.1) is 10.4 Å². The van der Waals surface area contributed by atoms with Crippen molar-refractivity contribution >= 4 is 44.9 Å². The molecule has 0 saturated carbocycles. The number of hydrogen-bond donors (Lipinski definition) is 1. The molecule has 0 unspecified atom stereocenters. The number of fused-ring (bicyclic) bond motifs is 1. The number of thioether (sulfide) groups is 1. The summed E-state index contributed by atoms with van der Waals surface area (Å²) in [6, 6.07) is 16.4. The van der Waals surface area contributed by atoms with Gasteiger partial charge in [-0.2, -0.15) is 0 Å². The summed E-state index contributed by atoms with van der Waals surface area (Å²) in [6.07, 6.45) is 2.73. The third-order valence-corrected chi connectivity index (χ3v) is 7.86. The zero-order valence-corrected chi connectivity index (χ0v) is 22.1. The number of nitro benzene ring substituents is 1. The van der Waals surface area contributed by atoms with Crippen LogP contribution in [0.3, 0.4) is 0 Å². The first-order valence-electron chi connectivity index (χ1n) is 12.1. The van der Waals surface area contributed by atoms with Crippen molar-refractivity contribution in [2.24, 2.45) is 0 Å². The van der Waals surface area contributed by atoms with Crippen molar-refractivity contribution < 1.29 is 9.72 Å². The minimum Gasteiger partial charge on any atom is -0.352 e. The van der Waals surface area contributed by atoms with Gasteiger partial charge in [0, 0.05) is 37.4 Å². The van der Waals surface area contributed by atoms with Gasteiger partial charge in [0.1, 0.15) is 4.70 Å². The van der Waals surface area contributed by atoms with Gasteiger partial charge in [-0.15, -0.1) is 11.3 Å². The summed E-state index contributed by atoms with van der Waals surface area (Å²) >= 11 is 2.77. The van der Waals surface area contributed by atoms with Crippen LogP contribution in [0.5, 0.6) is 0 Å². The smallest absolute Gasteiger partial charge is 0.272 e. The van der Waals surface area contributed by atoms with Crippen LogP contribution < -0.4 is 10.9 Å². The molecule has 192 valence electrons. The van der Waals surface area contributed by atoms with Crippen LogP contribution in [-0.4, -0.2) is 20.4 Å². The molecular formula is C27H28N4O4S2. The molecule has 0 radical (unpaired) electrons. The van der Waals surface area contributed by atoms with Gasteiger partial charge >= 0.3 is 0 Å². The summed E-state index contributed by atoms with van der Waals surface area (Å²) < 4.78 is 2.31. The quantitative estimate of drug-likeness (QED) is 0.0801. The maximum atomic E-state index is 13.1. The summed E-state index contributed by atoms with van der Waals surface area (Å²) in [7, 11) is 0. The number of nitrogens with one attached hydrogen (secondary N) is 1. The van der Waals surface area contributed by atoms with E-state index in [2.05, 4.69) is 5.32 Å². The molecule has 0 saturated heterocycles. The van der Waals surface area contributed by atoms with Crippen LogP contribution in [0.2, 0.25) is 0 Å². The number of aromatic nitrogens is 2. The lowest BCUT2D eigenvalue weighted by atomic mass is 10.1. The van der Waals surface area contributed by atoms with Gasteiger partial charge in [0.25, 0.3) is 11.2 Å². The number of nitro groups is 1. The molecule has 0 aliphatic carbocycles. The van der Waals surface area contributed by atoms with Gasteiger partial charge in [-0.05, 0) is 42.3 Å². The molecule has 2 heterocycles. The van der Waals surface area contributed by atoms with E-state index < -0.39 is 4.92 Å². The Morgan fingerprint density at radius 2 is 1.92 bits per heavy atom. The van der Waals surface area contributed by atoms with E-state index in [1.54, 1.807) is 16.7 Å². The average Bonchev–Trinajstić information content (AvgIpc) is 3.37. The number of non-ortho nitro benzene ring substituents is 1. The lowest BCUT2D eigenvalue weighted by Gasteiger charge is -2.12. The third kappa shape index (κ3) is 7.27. The first kappa shape index (κ1) is 26.6. The van der Waals surface area contributed by atoms with Gasteiger partial charge in [-0.25, -0.2) is 4.98 Å². The third-order valence-electron chi connectivity index (χ3n) is 5.92. The molecule has 4 rings (SSSR count). The van der Waals surface area contributed by atoms with Crippen LogP contribution in [0.15, 0.2) is 69.9 Å². The minimum absolute atomic E-state index is 0.0209. The molecule has 1 amide bonds. The predicted molar refractivity (Wildman–Crippen MR) is 148 cm³/mol. The van der Waals surface area contributed by atoms with E-state index >= 15 is 0 Å². The maximum Gasteiger partial charge on any atom is 0.272 e. The maximum absolute atomic E-state index is 13.1. The fourth-order valence-electron chi connectivity index (χ4n) is 3.87. The largest absolute Gasteiger partial charge is 0.352 e. The summed E-state index contributed by atoms with van der Waals surface area (Å²) in [5.74, 6) is 0.484. The van der Waals surface area contributed by atoms with Gasteiger partial charge in [-0.3, -0.25) is 24.3 Å². The number of carbonyl (C=O) groups is 1. The molecule has 2 aromatic carbocycles. The first-order valence-corrected chi connectivity index (χ1v) is 13.9.